The van der Waals surface area contributed by atoms with Crippen LogP contribution in [0.3, 0.4) is 0 Å². The fourth-order valence-electron chi connectivity index (χ4n) is 4.81. The lowest BCUT2D eigenvalue weighted by atomic mass is 9.97. The van der Waals surface area contributed by atoms with Crippen molar-refractivity contribution in [2.24, 2.45) is 7.05 Å². The second-order valence-corrected chi connectivity index (χ2v) is 10.7. The first kappa shape index (κ1) is 28.9. The van der Waals surface area contributed by atoms with Gasteiger partial charge >= 0.3 is 6.61 Å². The predicted molar refractivity (Wildman–Crippen MR) is 142 cm³/mol. The molecule has 1 fully saturated rings. The molecule has 4 aromatic rings. The van der Waals surface area contributed by atoms with Crippen molar-refractivity contribution in [2.75, 3.05) is 7.11 Å². The Morgan fingerprint density at radius 3 is 2.52 bits per heavy atom. The van der Waals surface area contributed by atoms with E-state index >= 15 is 0 Å². The number of ether oxygens (including phenoxy) is 2. The van der Waals surface area contributed by atoms with Crippen molar-refractivity contribution in [2.45, 2.75) is 51.0 Å². The van der Waals surface area contributed by atoms with Gasteiger partial charge in [0.25, 0.3) is 11.8 Å². The Bertz CT molecular complexity index is 1730. The molecule has 0 saturated heterocycles. The number of halogens is 4. The number of aryl methyl sites for hydroxylation is 1. The van der Waals surface area contributed by atoms with Gasteiger partial charge in [-0.1, -0.05) is 0 Å². The summed E-state index contributed by atoms with van der Waals surface area (Å²) in [4.78, 5) is 12.9. The number of aliphatic hydroxyl groups is 1. The van der Waals surface area contributed by atoms with Crippen molar-refractivity contribution in [1.82, 2.24) is 24.9 Å². The van der Waals surface area contributed by atoms with Gasteiger partial charge in [0.15, 0.2) is 0 Å². The third-order valence-corrected chi connectivity index (χ3v) is 6.71. The molecule has 5 rings (SSSR count). The minimum atomic E-state index is -3.34. The SMILES string of the molecule is COc1cc(-c2c3c(C#N)cc(-c4cnn(CC(C)(C)O)c4)cc3nn2C)cc(OC(F)F)c1C(=O)N[C@@H]1CC1(F)F. The highest BCUT2D eigenvalue weighted by atomic mass is 19.3. The number of hydrogen-bond donors (Lipinski definition) is 2. The summed E-state index contributed by atoms with van der Waals surface area (Å²) in [5, 5.41) is 31.5. The molecule has 42 heavy (non-hydrogen) atoms. The van der Waals surface area contributed by atoms with Crippen LogP contribution < -0.4 is 14.8 Å². The van der Waals surface area contributed by atoms with Gasteiger partial charge in [-0.2, -0.15) is 24.2 Å². The van der Waals surface area contributed by atoms with Crippen molar-refractivity contribution in [1.29, 1.82) is 5.26 Å². The Labute approximate surface area is 237 Å². The number of benzene rings is 2. The van der Waals surface area contributed by atoms with Crippen molar-refractivity contribution in [3.05, 3.63) is 47.8 Å². The Morgan fingerprint density at radius 2 is 1.93 bits per heavy atom. The average molecular weight is 587 g/mol. The number of rotatable bonds is 9. The molecule has 2 heterocycles. The highest BCUT2D eigenvalue weighted by Gasteiger charge is 2.58. The lowest BCUT2D eigenvalue weighted by Crippen LogP contribution is -2.30. The predicted octanol–water partition coefficient (Wildman–Crippen LogP) is 4.49. The van der Waals surface area contributed by atoms with Crippen LogP contribution in [0.25, 0.3) is 33.3 Å². The largest absolute Gasteiger partial charge is 0.496 e. The van der Waals surface area contributed by atoms with Crippen LogP contribution in [0.1, 0.15) is 36.2 Å². The van der Waals surface area contributed by atoms with E-state index in [1.54, 1.807) is 50.1 Å². The molecule has 0 unspecified atom stereocenters. The van der Waals surface area contributed by atoms with E-state index in [-0.39, 0.29) is 23.4 Å². The van der Waals surface area contributed by atoms with Crippen molar-refractivity contribution in [3.63, 3.8) is 0 Å². The van der Waals surface area contributed by atoms with Gasteiger partial charge in [0, 0.05) is 36.2 Å². The average Bonchev–Trinajstić information content (AvgIpc) is 3.19. The van der Waals surface area contributed by atoms with Gasteiger partial charge in [0.2, 0.25) is 0 Å². The van der Waals surface area contributed by atoms with Crippen LogP contribution >= 0.6 is 0 Å². The molecular weight excluding hydrogens is 560 g/mol. The summed E-state index contributed by atoms with van der Waals surface area (Å²) in [6, 6.07) is 6.61. The summed E-state index contributed by atoms with van der Waals surface area (Å²) in [6.45, 7) is 0.217. The van der Waals surface area contributed by atoms with E-state index in [1.807, 2.05) is 0 Å². The number of amides is 1. The Kier molecular flexibility index (Phi) is 7.10. The summed E-state index contributed by atoms with van der Waals surface area (Å²) in [5.41, 5.74) is 1.03. The zero-order valence-electron chi connectivity index (χ0n) is 23.0. The van der Waals surface area contributed by atoms with Gasteiger partial charge in [0.05, 0.1) is 54.3 Å². The Morgan fingerprint density at radius 1 is 1.24 bits per heavy atom. The van der Waals surface area contributed by atoms with Gasteiger partial charge in [-0.25, -0.2) is 8.78 Å². The van der Waals surface area contributed by atoms with Gasteiger partial charge in [0.1, 0.15) is 17.1 Å². The van der Waals surface area contributed by atoms with Crippen LogP contribution in [0.15, 0.2) is 36.7 Å². The number of hydrogen-bond acceptors (Lipinski definition) is 7. The summed E-state index contributed by atoms with van der Waals surface area (Å²) in [7, 11) is 2.79. The van der Waals surface area contributed by atoms with Gasteiger partial charge in [-0.05, 0) is 43.7 Å². The quantitative estimate of drug-likeness (QED) is 0.277. The third kappa shape index (κ3) is 5.60. The summed E-state index contributed by atoms with van der Waals surface area (Å²) in [6.07, 6.45) is 2.76. The molecular formula is C28H26F4N6O4. The second-order valence-electron chi connectivity index (χ2n) is 10.7. The van der Waals surface area contributed by atoms with E-state index in [9.17, 15) is 32.7 Å². The molecule has 0 bridgehead atoms. The van der Waals surface area contributed by atoms with E-state index < -0.39 is 47.8 Å². The Hall–Kier alpha value is -4.64. The lowest BCUT2D eigenvalue weighted by molar-refractivity contribution is -0.0502. The number of nitrogens with zero attached hydrogens (tertiary/aromatic N) is 5. The maximum absolute atomic E-state index is 13.4. The number of nitriles is 1. The number of aromatic nitrogens is 4. The second kappa shape index (κ2) is 10.3. The summed E-state index contributed by atoms with van der Waals surface area (Å²) in [5.74, 6) is -4.93. The Balaban J connectivity index is 1.61. The van der Waals surface area contributed by atoms with Crippen LogP contribution in [0.5, 0.6) is 11.5 Å². The first-order chi connectivity index (χ1) is 19.7. The first-order valence-electron chi connectivity index (χ1n) is 12.7. The van der Waals surface area contributed by atoms with Crippen molar-refractivity contribution >= 4 is 16.8 Å². The molecule has 1 atom stereocenters. The third-order valence-electron chi connectivity index (χ3n) is 6.71. The topological polar surface area (TPSA) is 127 Å². The van der Waals surface area contributed by atoms with Crippen LogP contribution in [-0.2, 0) is 13.6 Å². The summed E-state index contributed by atoms with van der Waals surface area (Å²) < 4.78 is 66.7. The van der Waals surface area contributed by atoms with E-state index in [0.29, 0.717) is 27.7 Å². The van der Waals surface area contributed by atoms with E-state index in [1.165, 1.54) is 17.9 Å². The number of alkyl halides is 4. The number of methoxy groups -OCH3 is 1. The number of carbonyl (C=O) groups excluding carboxylic acids is 1. The highest BCUT2D eigenvalue weighted by Crippen LogP contribution is 2.44. The molecule has 14 heteroatoms. The number of nitrogens with one attached hydrogen (secondary N) is 1. The zero-order chi connectivity index (χ0) is 30.6. The fraction of sp³-hybridized carbons (Fsp3) is 0.357. The maximum atomic E-state index is 13.4. The van der Waals surface area contributed by atoms with Crippen molar-refractivity contribution in [3.8, 4) is 40.0 Å². The van der Waals surface area contributed by atoms with Gasteiger partial charge in [-0.3, -0.25) is 14.2 Å². The molecule has 10 nitrogen and oxygen atoms in total. The maximum Gasteiger partial charge on any atom is 0.387 e. The van der Waals surface area contributed by atoms with Crippen LogP contribution in [0, 0.1) is 11.3 Å². The van der Waals surface area contributed by atoms with Crippen LogP contribution in [-0.4, -0.2) is 61.9 Å². The minimum absolute atomic E-state index is 0.201. The van der Waals surface area contributed by atoms with Crippen LogP contribution in [0.2, 0.25) is 0 Å². The smallest absolute Gasteiger partial charge is 0.387 e. The standard InChI is InChI=1S/C28H26F4N6O4/c1-27(2,40)13-38-12-17(11-34-38)14-5-16(10-33)22-18(6-14)36-37(3)24(22)15-7-19(41-4)23(20(8-15)42-26(29)30)25(39)35-21-9-28(21,31)32/h5-8,11-12,21,26,40H,9,13H2,1-4H3,(H,35,39)/t21-/m1/s1. The number of carbonyl (C=O) groups is 1. The van der Waals surface area contributed by atoms with Gasteiger partial charge < -0.3 is 19.9 Å². The van der Waals surface area contributed by atoms with Crippen molar-refractivity contribution < 1.29 is 36.9 Å². The molecule has 2 aromatic carbocycles. The molecule has 0 spiro atoms. The molecule has 2 N–H and O–H groups in total. The minimum Gasteiger partial charge on any atom is -0.496 e. The number of fused-ring (bicyclic) bond motifs is 1. The summed E-state index contributed by atoms with van der Waals surface area (Å²) >= 11 is 0. The monoisotopic (exact) mass is 586 g/mol. The molecule has 2 aromatic heterocycles. The van der Waals surface area contributed by atoms with E-state index in [2.05, 4.69) is 26.3 Å². The molecule has 0 radical (unpaired) electrons. The van der Waals surface area contributed by atoms with Crippen LogP contribution in [0.4, 0.5) is 17.6 Å². The zero-order valence-corrected chi connectivity index (χ0v) is 23.0. The molecule has 1 saturated carbocycles. The molecule has 1 aliphatic rings. The lowest BCUT2D eigenvalue weighted by Gasteiger charge is -2.17. The fourth-order valence-corrected chi connectivity index (χ4v) is 4.81. The normalized spacial score (nSPS) is 16.0. The molecule has 1 aliphatic carbocycles. The molecule has 220 valence electrons. The van der Waals surface area contributed by atoms with Gasteiger partial charge in [-0.15, -0.1) is 0 Å². The first-order valence-corrected chi connectivity index (χ1v) is 12.7. The van der Waals surface area contributed by atoms with E-state index in [0.717, 1.165) is 6.07 Å². The highest BCUT2D eigenvalue weighted by molar-refractivity contribution is 6.03. The molecule has 1 amide bonds. The van der Waals surface area contributed by atoms with E-state index in [4.69, 9.17) is 4.74 Å². The molecule has 0 aliphatic heterocycles.